The van der Waals surface area contributed by atoms with E-state index in [1.54, 1.807) is 18.4 Å². The smallest absolute Gasteiger partial charge is 0.262 e. The molecule has 2 aromatic heterocycles. The van der Waals surface area contributed by atoms with Crippen molar-refractivity contribution in [2.24, 2.45) is 11.0 Å². The first-order valence-corrected chi connectivity index (χ1v) is 10.3. The molecule has 1 aromatic carbocycles. The first-order valence-electron chi connectivity index (χ1n) is 9.51. The van der Waals surface area contributed by atoms with Gasteiger partial charge in [-0.3, -0.25) is 14.2 Å². The van der Waals surface area contributed by atoms with E-state index in [4.69, 9.17) is 4.74 Å². The monoisotopic (exact) mass is 410 g/mol. The second kappa shape index (κ2) is 8.16. The van der Waals surface area contributed by atoms with E-state index in [0.29, 0.717) is 17.1 Å². The molecule has 0 bridgehead atoms. The summed E-state index contributed by atoms with van der Waals surface area (Å²) in [6, 6.07) is 7.35. The average Bonchev–Trinajstić information content (AvgIpc) is 3.08. The van der Waals surface area contributed by atoms with Gasteiger partial charge < -0.3 is 4.74 Å². The van der Waals surface area contributed by atoms with Gasteiger partial charge in [0.25, 0.3) is 11.5 Å². The predicted octanol–water partition coefficient (Wildman–Crippen LogP) is 2.74. The van der Waals surface area contributed by atoms with E-state index in [0.717, 1.165) is 35.2 Å². The van der Waals surface area contributed by atoms with Gasteiger partial charge in [-0.25, -0.2) is 10.4 Å². The predicted molar refractivity (Wildman–Crippen MR) is 114 cm³/mol. The number of carbonyl (C=O) groups excluding carboxylic acids is 1. The Balaban J connectivity index is 1.50. The normalized spacial score (nSPS) is 16.1. The van der Waals surface area contributed by atoms with Crippen molar-refractivity contribution < 1.29 is 9.53 Å². The Morgan fingerprint density at radius 2 is 2.28 bits per heavy atom. The number of fused-ring (bicyclic) bond motifs is 3. The summed E-state index contributed by atoms with van der Waals surface area (Å²) in [4.78, 5) is 31.7. The van der Waals surface area contributed by atoms with Gasteiger partial charge in [0.15, 0.2) is 0 Å². The quantitative estimate of drug-likeness (QED) is 0.518. The fourth-order valence-corrected chi connectivity index (χ4v) is 4.96. The molecule has 29 heavy (non-hydrogen) atoms. The lowest BCUT2D eigenvalue weighted by Crippen LogP contribution is -2.30. The van der Waals surface area contributed by atoms with Crippen molar-refractivity contribution in [1.29, 1.82) is 0 Å². The molecular weight excluding hydrogens is 388 g/mol. The van der Waals surface area contributed by atoms with Gasteiger partial charge in [-0.1, -0.05) is 19.1 Å². The maximum absolute atomic E-state index is 13.0. The lowest BCUT2D eigenvalue weighted by Gasteiger charge is -2.17. The third-order valence-electron chi connectivity index (χ3n) is 5.13. The molecule has 1 amide bonds. The minimum atomic E-state index is -0.392. The van der Waals surface area contributed by atoms with Crippen LogP contribution in [-0.2, 0) is 24.2 Å². The molecular formula is C21H22N4O3S. The number of rotatable bonds is 5. The SMILES string of the molecule is COc1ccccc1/C=N\NC(=O)Cn1cnc2sc3c(c2c1=O)CC[C@@H](C)C3. The van der Waals surface area contributed by atoms with Crippen LogP contribution in [0, 0.1) is 5.92 Å². The fourth-order valence-electron chi connectivity index (χ4n) is 3.62. The van der Waals surface area contributed by atoms with Crippen molar-refractivity contribution >= 4 is 33.7 Å². The molecule has 0 fully saturated rings. The van der Waals surface area contributed by atoms with Gasteiger partial charge in [-0.05, 0) is 42.9 Å². The van der Waals surface area contributed by atoms with Gasteiger partial charge in [0.05, 0.1) is 25.0 Å². The Kier molecular flexibility index (Phi) is 5.44. The number of nitrogens with zero attached hydrogens (tertiary/aromatic N) is 3. The van der Waals surface area contributed by atoms with Crippen LogP contribution in [0.25, 0.3) is 10.2 Å². The summed E-state index contributed by atoms with van der Waals surface area (Å²) >= 11 is 1.60. The van der Waals surface area contributed by atoms with E-state index in [1.165, 1.54) is 22.0 Å². The molecule has 7 nitrogen and oxygen atoms in total. The molecule has 0 radical (unpaired) electrons. The van der Waals surface area contributed by atoms with Crippen LogP contribution in [0.2, 0.25) is 0 Å². The number of hydrogen-bond donors (Lipinski definition) is 1. The van der Waals surface area contributed by atoms with E-state index >= 15 is 0 Å². The number of para-hydroxylation sites is 1. The molecule has 0 unspecified atom stereocenters. The van der Waals surface area contributed by atoms with Crippen LogP contribution >= 0.6 is 11.3 Å². The van der Waals surface area contributed by atoms with Crippen molar-refractivity contribution in [3.63, 3.8) is 0 Å². The Bertz CT molecular complexity index is 1150. The van der Waals surface area contributed by atoms with Gasteiger partial charge in [0.1, 0.15) is 17.1 Å². The third-order valence-corrected chi connectivity index (χ3v) is 6.29. The molecule has 3 aromatic rings. The maximum Gasteiger partial charge on any atom is 0.262 e. The second-order valence-corrected chi connectivity index (χ2v) is 8.33. The molecule has 0 saturated heterocycles. The van der Waals surface area contributed by atoms with Crippen LogP contribution in [-0.4, -0.2) is 28.8 Å². The van der Waals surface area contributed by atoms with Crippen LogP contribution in [0.1, 0.15) is 29.3 Å². The number of benzene rings is 1. The summed E-state index contributed by atoms with van der Waals surface area (Å²) in [7, 11) is 1.57. The van der Waals surface area contributed by atoms with Crippen LogP contribution < -0.4 is 15.7 Å². The number of hydrazone groups is 1. The molecule has 4 rings (SSSR count). The largest absolute Gasteiger partial charge is 0.496 e. The van der Waals surface area contributed by atoms with Gasteiger partial charge in [0, 0.05) is 10.4 Å². The number of aromatic nitrogens is 2. The number of nitrogens with one attached hydrogen (secondary N) is 1. The lowest BCUT2D eigenvalue weighted by atomic mass is 9.89. The second-order valence-electron chi connectivity index (χ2n) is 7.24. The van der Waals surface area contributed by atoms with Crippen molar-refractivity contribution in [2.45, 2.75) is 32.7 Å². The zero-order chi connectivity index (χ0) is 20.4. The molecule has 1 aliphatic carbocycles. The van der Waals surface area contributed by atoms with Crippen LogP contribution in [0.3, 0.4) is 0 Å². The van der Waals surface area contributed by atoms with E-state index in [9.17, 15) is 9.59 Å². The highest BCUT2D eigenvalue weighted by Gasteiger charge is 2.23. The van der Waals surface area contributed by atoms with Crippen LogP contribution in [0.4, 0.5) is 0 Å². The molecule has 1 N–H and O–H groups in total. The highest BCUT2D eigenvalue weighted by molar-refractivity contribution is 7.18. The molecule has 0 saturated carbocycles. The van der Waals surface area contributed by atoms with Crippen LogP contribution in [0.5, 0.6) is 5.75 Å². The van der Waals surface area contributed by atoms with Crippen molar-refractivity contribution in [2.75, 3.05) is 7.11 Å². The highest BCUT2D eigenvalue weighted by atomic mass is 32.1. The molecule has 8 heteroatoms. The molecule has 2 heterocycles. The number of ether oxygens (including phenoxy) is 1. The Morgan fingerprint density at radius 1 is 1.45 bits per heavy atom. The summed E-state index contributed by atoms with van der Waals surface area (Å²) in [5.41, 5.74) is 4.16. The van der Waals surface area contributed by atoms with E-state index in [2.05, 4.69) is 22.4 Å². The number of methoxy groups -OCH3 is 1. The number of thiophene rings is 1. The van der Waals surface area contributed by atoms with Gasteiger partial charge in [0.2, 0.25) is 0 Å². The first-order chi connectivity index (χ1) is 14.1. The van der Waals surface area contributed by atoms with E-state index < -0.39 is 5.91 Å². The summed E-state index contributed by atoms with van der Waals surface area (Å²) < 4.78 is 6.59. The van der Waals surface area contributed by atoms with Crippen molar-refractivity contribution in [3.8, 4) is 5.75 Å². The topological polar surface area (TPSA) is 85.6 Å². The third kappa shape index (κ3) is 3.93. The summed E-state index contributed by atoms with van der Waals surface area (Å²) in [6.07, 6.45) is 5.92. The fraction of sp³-hybridized carbons (Fsp3) is 0.333. The number of amides is 1. The van der Waals surface area contributed by atoms with Gasteiger partial charge >= 0.3 is 0 Å². The number of hydrogen-bond acceptors (Lipinski definition) is 6. The minimum Gasteiger partial charge on any atom is -0.496 e. The molecule has 1 aliphatic rings. The molecule has 1 atom stereocenters. The summed E-state index contributed by atoms with van der Waals surface area (Å²) in [5, 5.41) is 4.64. The molecule has 0 aliphatic heterocycles. The highest BCUT2D eigenvalue weighted by Crippen LogP contribution is 2.35. The summed E-state index contributed by atoms with van der Waals surface area (Å²) in [6.45, 7) is 2.10. The zero-order valence-corrected chi connectivity index (χ0v) is 17.2. The Morgan fingerprint density at radius 3 is 3.10 bits per heavy atom. The van der Waals surface area contributed by atoms with Gasteiger partial charge in [-0.15, -0.1) is 11.3 Å². The Labute approximate surface area is 172 Å². The first kappa shape index (κ1) is 19.3. The Hall–Kier alpha value is -3.00. The van der Waals surface area contributed by atoms with Gasteiger partial charge in [-0.2, -0.15) is 5.10 Å². The molecule has 150 valence electrons. The summed E-state index contributed by atoms with van der Waals surface area (Å²) in [5.74, 6) is 0.898. The maximum atomic E-state index is 13.0. The average molecular weight is 410 g/mol. The standard InChI is InChI=1S/C21H22N4O3S/c1-13-7-8-15-17(9-13)29-20-19(15)21(27)25(12-22-20)11-18(26)24-23-10-14-5-3-4-6-16(14)28-2/h3-6,10,12-13H,7-9,11H2,1-2H3,(H,24,26)/b23-10-/t13-/m1/s1. The van der Waals surface area contributed by atoms with Crippen molar-refractivity contribution in [3.05, 3.63) is 57.0 Å². The van der Waals surface area contributed by atoms with E-state index in [-0.39, 0.29) is 12.1 Å². The lowest BCUT2D eigenvalue weighted by molar-refractivity contribution is -0.121. The van der Waals surface area contributed by atoms with Crippen LogP contribution in [0.15, 0.2) is 40.5 Å². The number of aryl methyl sites for hydroxylation is 1. The van der Waals surface area contributed by atoms with E-state index in [1.807, 2.05) is 24.3 Å². The minimum absolute atomic E-state index is 0.133. The molecule has 0 spiro atoms. The van der Waals surface area contributed by atoms with Crippen molar-refractivity contribution in [1.82, 2.24) is 15.0 Å². The number of carbonyl (C=O) groups is 1. The zero-order valence-electron chi connectivity index (χ0n) is 16.3.